The van der Waals surface area contributed by atoms with Gasteiger partial charge in [0.25, 0.3) is 5.91 Å². The Kier molecular flexibility index (Phi) is 7.81. The van der Waals surface area contributed by atoms with Gasteiger partial charge in [-0.3, -0.25) is 10.1 Å². The zero-order chi connectivity index (χ0) is 25.7. The molecular weight excluding hydrogens is 470 g/mol. The highest BCUT2D eigenvalue weighted by Crippen LogP contribution is 2.28. The van der Waals surface area contributed by atoms with E-state index in [0.29, 0.717) is 24.2 Å². The normalized spacial score (nSPS) is 11.6. The van der Waals surface area contributed by atoms with E-state index in [-0.39, 0.29) is 5.57 Å². The van der Waals surface area contributed by atoms with E-state index in [0.717, 1.165) is 39.2 Å². The van der Waals surface area contributed by atoms with Crippen LogP contribution in [0, 0.1) is 18.3 Å². The number of hydrogen-bond acceptors (Lipinski definition) is 6. The van der Waals surface area contributed by atoms with E-state index < -0.39 is 5.91 Å². The lowest BCUT2D eigenvalue weighted by molar-refractivity contribution is -0.112. The van der Waals surface area contributed by atoms with Gasteiger partial charge >= 0.3 is 0 Å². The number of carbonyl (C=O) groups is 1. The minimum absolute atomic E-state index is 0.00346. The topological polar surface area (TPSA) is 92.8 Å². The van der Waals surface area contributed by atoms with Crippen molar-refractivity contribution < 1.29 is 9.53 Å². The number of carbonyl (C=O) groups excluding carboxylic acids is 1. The van der Waals surface area contributed by atoms with Crippen LogP contribution in [0.4, 0.5) is 5.13 Å². The molecule has 0 aliphatic rings. The molecule has 36 heavy (non-hydrogen) atoms. The van der Waals surface area contributed by atoms with Crippen LogP contribution in [0.2, 0.25) is 0 Å². The van der Waals surface area contributed by atoms with Gasteiger partial charge < -0.3 is 9.30 Å². The van der Waals surface area contributed by atoms with Gasteiger partial charge in [0, 0.05) is 22.7 Å². The van der Waals surface area contributed by atoms with E-state index in [4.69, 9.17) is 4.74 Å². The van der Waals surface area contributed by atoms with Crippen molar-refractivity contribution in [1.82, 2.24) is 14.8 Å². The molecule has 0 aliphatic carbocycles. The second-order valence-electron chi connectivity index (χ2n) is 8.82. The summed E-state index contributed by atoms with van der Waals surface area (Å²) in [5, 5.41) is 22.5. The highest BCUT2D eigenvalue weighted by molar-refractivity contribution is 7.15. The summed E-state index contributed by atoms with van der Waals surface area (Å²) in [6.07, 6.45) is 4.31. The molecule has 7 nitrogen and oxygen atoms in total. The number of anilines is 1. The molecule has 0 atom stereocenters. The molecule has 184 valence electrons. The van der Waals surface area contributed by atoms with Crippen LogP contribution < -0.4 is 10.1 Å². The Bertz CT molecular complexity index is 1460. The lowest BCUT2D eigenvalue weighted by Crippen LogP contribution is -2.13. The second-order valence-corrected chi connectivity index (χ2v) is 9.88. The van der Waals surface area contributed by atoms with Crippen molar-refractivity contribution in [2.75, 3.05) is 11.9 Å². The number of aromatic nitrogens is 3. The third kappa shape index (κ3) is 5.64. The number of fused-ring (bicyclic) bond motifs is 1. The van der Waals surface area contributed by atoms with Gasteiger partial charge in [0.1, 0.15) is 29.0 Å². The predicted octanol–water partition coefficient (Wildman–Crippen LogP) is 6.11. The smallest absolute Gasteiger partial charge is 0.268 e. The van der Waals surface area contributed by atoms with Crippen molar-refractivity contribution in [3.05, 3.63) is 75.9 Å². The zero-order valence-corrected chi connectivity index (χ0v) is 21.7. The molecule has 4 aromatic rings. The Labute approximate surface area is 215 Å². The first kappa shape index (κ1) is 25.1. The molecule has 0 spiro atoms. The summed E-state index contributed by atoms with van der Waals surface area (Å²) >= 11 is 1.30. The molecule has 2 heterocycles. The SMILES string of the molecule is CCc1nnc(NC(=O)/C(C#N)=C\c2cn(CCOc3cc(C)ccc3C(C)C)c3ccccc23)s1. The number of nitrogens with one attached hydrogen (secondary N) is 1. The standard InChI is InChI=1S/C28H29N5O2S/c1-5-26-31-32-28(36-26)30-27(34)20(16-29)15-21-17-33(24-9-7-6-8-23(21)24)12-13-35-25-14-19(4)10-11-22(25)18(2)3/h6-11,14-15,17-18H,5,12-13H2,1-4H3,(H,30,32,34)/b20-15-. The molecule has 0 fully saturated rings. The summed E-state index contributed by atoms with van der Waals surface area (Å²) in [6, 6.07) is 16.3. The molecule has 2 aromatic carbocycles. The number of amides is 1. The van der Waals surface area contributed by atoms with Crippen molar-refractivity contribution in [2.24, 2.45) is 0 Å². The molecule has 0 radical (unpaired) electrons. The number of para-hydroxylation sites is 1. The summed E-state index contributed by atoms with van der Waals surface area (Å²) in [7, 11) is 0. The second kappa shape index (κ2) is 11.2. The van der Waals surface area contributed by atoms with Gasteiger partial charge in [-0.05, 0) is 48.6 Å². The number of nitrogens with zero attached hydrogens (tertiary/aromatic N) is 4. The molecular formula is C28H29N5O2S. The number of aryl methyl sites for hydroxylation is 2. The molecule has 0 saturated carbocycles. The number of rotatable bonds is 9. The van der Waals surface area contributed by atoms with Crippen molar-refractivity contribution in [3.8, 4) is 11.8 Å². The third-order valence-corrected chi connectivity index (χ3v) is 6.84. The van der Waals surface area contributed by atoms with Gasteiger partial charge in [-0.1, -0.05) is 62.4 Å². The van der Waals surface area contributed by atoms with Crippen molar-refractivity contribution in [2.45, 2.75) is 46.6 Å². The summed E-state index contributed by atoms with van der Waals surface area (Å²) in [6.45, 7) is 9.47. The van der Waals surface area contributed by atoms with E-state index in [1.165, 1.54) is 16.9 Å². The molecule has 0 bridgehead atoms. The Balaban J connectivity index is 1.55. The van der Waals surface area contributed by atoms with E-state index in [1.54, 1.807) is 6.08 Å². The lowest BCUT2D eigenvalue weighted by Gasteiger charge is -2.15. The summed E-state index contributed by atoms with van der Waals surface area (Å²) in [4.78, 5) is 12.7. The van der Waals surface area contributed by atoms with E-state index >= 15 is 0 Å². The maximum absolute atomic E-state index is 12.7. The molecule has 2 aromatic heterocycles. The fourth-order valence-electron chi connectivity index (χ4n) is 3.99. The van der Waals surface area contributed by atoms with Gasteiger partial charge in [0.15, 0.2) is 0 Å². The zero-order valence-electron chi connectivity index (χ0n) is 20.9. The molecule has 1 amide bonds. The maximum atomic E-state index is 12.7. The van der Waals surface area contributed by atoms with Crippen LogP contribution in [0.25, 0.3) is 17.0 Å². The minimum Gasteiger partial charge on any atom is -0.491 e. The van der Waals surface area contributed by atoms with Crippen LogP contribution in [0.15, 0.2) is 54.2 Å². The first-order valence-electron chi connectivity index (χ1n) is 12.0. The fraction of sp³-hybridized carbons (Fsp3) is 0.286. The van der Waals surface area contributed by atoms with Crippen LogP contribution in [-0.4, -0.2) is 27.3 Å². The predicted molar refractivity (Wildman–Crippen MR) is 144 cm³/mol. The van der Waals surface area contributed by atoms with Gasteiger partial charge in [0.05, 0.1) is 6.54 Å². The molecule has 8 heteroatoms. The van der Waals surface area contributed by atoms with Crippen molar-refractivity contribution >= 4 is 39.4 Å². The van der Waals surface area contributed by atoms with Gasteiger partial charge in [-0.2, -0.15) is 5.26 Å². The average Bonchev–Trinajstić information content (AvgIpc) is 3.46. The Hall–Kier alpha value is -3.96. The fourth-order valence-corrected chi connectivity index (χ4v) is 4.66. The molecule has 0 aliphatic heterocycles. The van der Waals surface area contributed by atoms with E-state index in [9.17, 15) is 10.1 Å². The number of ether oxygens (including phenoxy) is 1. The molecule has 1 N–H and O–H groups in total. The lowest BCUT2D eigenvalue weighted by atomic mass is 10.0. The largest absolute Gasteiger partial charge is 0.491 e. The monoisotopic (exact) mass is 499 g/mol. The Morgan fingerprint density at radius 3 is 2.78 bits per heavy atom. The van der Waals surface area contributed by atoms with E-state index in [1.807, 2.05) is 43.5 Å². The Morgan fingerprint density at radius 2 is 2.06 bits per heavy atom. The first-order chi connectivity index (χ1) is 17.4. The van der Waals surface area contributed by atoms with Crippen LogP contribution in [0.3, 0.4) is 0 Å². The van der Waals surface area contributed by atoms with Crippen LogP contribution >= 0.6 is 11.3 Å². The van der Waals surface area contributed by atoms with Gasteiger partial charge in [-0.15, -0.1) is 10.2 Å². The average molecular weight is 500 g/mol. The maximum Gasteiger partial charge on any atom is 0.268 e. The van der Waals surface area contributed by atoms with E-state index in [2.05, 4.69) is 59.1 Å². The van der Waals surface area contributed by atoms with Crippen molar-refractivity contribution in [1.29, 1.82) is 5.26 Å². The van der Waals surface area contributed by atoms with Gasteiger partial charge in [0.2, 0.25) is 5.13 Å². The number of nitriles is 1. The number of hydrogen-bond donors (Lipinski definition) is 1. The summed E-state index contributed by atoms with van der Waals surface area (Å²) < 4.78 is 8.29. The summed E-state index contributed by atoms with van der Waals surface area (Å²) in [5.74, 6) is 0.777. The Morgan fingerprint density at radius 1 is 1.25 bits per heavy atom. The van der Waals surface area contributed by atoms with Gasteiger partial charge in [-0.25, -0.2) is 0 Å². The number of benzene rings is 2. The minimum atomic E-state index is -0.503. The molecule has 0 saturated heterocycles. The van der Waals surface area contributed by atoms with Crippen molar-refractivity contribution in [3.63, 3.8) is 0 Å². The van der Waals surface area contributed by atoms with Crippen LogP contribution in [0.5, 0.6) is 5.75 Å². The molecule has 0 unspecified atom stereocenters. The van der Waals surface area contributed by atoms with Crippen LogP contribution in [-0.2, 0) is 17.8 Å². The summed E-state index contributed by atoms with van der Waals surface area (Å²) in [5.41, 5.74) is 4.16. The molecule has 4 rings (SSSR count). The highest BCUT2D eigenvalue weighted by Gasteiger charge is 2.15. The highest BCUT2D eigenvalue weighted by atomic mass is 32.1. The quantitative estimate of drug-likeness (QED) is 0.221. The van der Waals surface area contributed by atoms with Crippen LogP contribution in [0.1, 0.15) is 48.4 Å². The first-order valence-corrected chi connectivity index (χ1v) is 12.8. The third-order valence-electron chi connectivity index (χ3n) is 5.85.